The molecule has 0 atom stereocenters. The molecule has 0 aromatic heterocycles. The van der Waals surface area contributed by atoms with Crippen molar-refractivity contribution in [1.82, 2.24) is 0 Å². The van der Waals surface area contributed by atoms with Gasteiger partial charge in [0, 0.05) is 43.9 Å². The van der Waals surface area contributed by atoms with Crippen molar-refractivity contribution in [2.75, 3.05) is 51.6 Å². The third kappa shape index (κ3) is 6.75. The van der Waals surface area contributed by atoms with Crippen molar-refractivity contribution in [3.05, 3.63) is 53.4 Å². The number of halogens is 1. The standard InChI is InChI=1S/C27H35FN2O6S/c1-33-12-14-35-26-17-23-21(6-4-5-11-29-25(23)18-27(26)36-15-13-34-2)22-10-7-19(16-24(22)28)30-37(3,31,32)20-8-9-20/h6-7,10-11,16-18,20H,4-5,8-9,12-15H2,1-3H3,(H2,30,31,32)/b21-6-,29-11?. The van der Waals surface area contributed by atoms with Gasteiger partial charge in [0.15, 0.2) is 11.5 Å². The number of methoxy groups -OCH3 is 2. The van der Waals surface area contributed by atoms with E-state index in [9.17, 15) is 8.76 Å². The van der Waals surface area contributed by atoms with Crippen LogP contribution in [0.15, 0.2) is 41.4 Å². The lowest BCUT2D eigenvalue weighted by molar-refractivity contribution is 0.132. The van der Waals surface area contributed by atoms with Crippen LogP contribution in [0.3, 0.4) is 0 Å². The summed E-state index contributed by atoms with van der Waals surface area (Å²) in [4.78, 5) is 4.62. The fourth-order valence-electron chi connectivity index (χ4n) is 4.19. The summed E-state index contributed by atoms with van der Waals surface area (Å²) in [5.74, 6) is 0.495. The van der Waals surface area contributed by atoms with Crippen molar-refractivity contribution in [1.29, 1.82) is 0 Å². The van der Waals surface area contributed by atoms with Crippen LogP contribution in [0.5, 0.6) is 11.5 Å². The summed E-state index contributed by atoms with van der Waals surface area (Å²) < 4.78 is 63.9. The molecule has 2 N–H and O–H groups in total. The molecule has 2 aliphatic rings. The van der Waals surface area contributed by atoms with Gasteiger partial charge in [-0.2, -0.15) is 4.21 Å². The van der Waals surface area contributed by atoms with Crippen LogP contribution in [-0.2, 0) is 19.0 Å². The second kappa shape index (κ2) is 11.3. The molecule has 202 valence electrons. The third-order valence-electron chi connectivity index (χ3n) is 6.25. The second-order valence-electron chi connectivity index (χ2n) is 9.36. The molecular formula is C27H35FN2O6S. The molecule has 1 fully saturated rings. The van der Waals surface area contributed by atoms with E-state index in [1.165, 1.54) is 12.3 Å². The van der Waals surface area contributed by atoms with Gasteiger partial charge in [0.1, 0.15) is 19.0 Å². The molecule has 0 spiro atoms. The topological polar surface area (TPSA) is 98.6 Å². The fourth-order valence-corrected chi connectivity index (χ4v) is 6.30. The van der Waals surface area contributed by atoms with E-state index in [0.717, 1.165) is 0 Å². The Hall–Kier alpha value is -2.79. The van der Waals surface area contributed by atoms with Gasteiger partial charge in [-0.1, -0.05) is 6.08 Å². The summed E-state index contributed by atoms with van der Waals surface area (Å²) >= 11 is 0. The van der Waals surface area contributed by atoms with Gasteiger partial charge in [-0.05, 0) is 55.5 Å². The highest BCUT2D eigenvalue weighted by Gasteiger charge is 2.41. The summed E-state index contributed by atoms with van der Waals surface area (Å²) in [5, 5.41) is -0.311. The van der Waals surface area contributed by atoms with Crippen LogP contribution >= 0.6 is 0 Å². The minimum absolute atomic E-state index is 0.269. The van der Waals surface area contributed by atoms with E-state index in [1.54, 1.807) is 32.4 Å². The van der Waals surface area contributed by atoms with Gasteiger partial charge in [-0.15, -0.1) is 9.53 Å². The molecule has 1 heterocycles. The van der Waals surface area contributed by atoms with Gasteiger partial charge in [-0.25, -0.2) is 4.39 Å². The number of nitrogens with zero attached hydrogens (tertiary/aromatic N) is 1. The average Bonchev–Trinajstić information content (AvgIpc) is 3.68. The Morgan fingerprint density at radius 2 is 1.68 bits per heavy atom. The van der Waals surface area contributed by atoms with E-state index in [2.05, 4.69) is 9.71 Å². The molecule has 0 saturated heterocycles. The highest BCUT2D eigenvalue weighted by Crippen LogP contribution is 2.44. The number of nitrogens with one attached hydrogen (secondary N) is 1. The van der Waals surface area contributed by atoms with Gasteiger partial charge >= 0.3 is 0 Å². The second-order valence-corrected chi connectivity index (χ2v) is 12.9. The van der Waals surface area contributed by atoms with Crippen molar-refractivity contribution < 1.29 is 32.1 Å². The van der Waals surface area contributed by atoms with E-state index in [1.807, 2.05) is 18.4 Å². The highest BCUT2D eigenvalue weighted by atomic mass is 32.3. The van der Waals surface area contributed by atoms with Crippen LogP contribution in [0.2, 0.25) is 0 Å². The lowest BCUT2D eigenvalue weighted by atomic mass is 9.93. The van der Waals surface area contributed by atoms with E-state index >= 15 is 4.39 Å². The molecule has 4 rings (SSSR count). The van der Waals surface area contributed by atoms with Crippen molar-refractivity contribution in [2.24, 2.45) is 4.99 Å². The normalized spacial score (nSPS) is 18.0. The van der Waals surface area contributed by atoms with E-state index < -0.39 is 15.3 Å². The zero-order valence-corrected chi connectivity index (χ0v) is 22.3. The summed E-state index contributed by atoms with van der Waals surface area (Å²) in [5.41, 5.74) is 2.62. The van der Waals surface area contributed by atoms with Gasteiger partial charge in [0.05, 0.1) is 29.8 Å². The number of benzene rings is 2. The quantitative estimate of drug-likeness (QED) is 0.363. The summed E-state index contributed by atoms with van der Waals surface area (Å²) in [6.45, 7) is 1.45. The first-order chi connectivity index (χ1) is 17.7. The lowest BCUT2D eigenvalue weighted by Crippen LogP contribution is -2.43. The third-order valence-corrected chi connectivity index (χ3v) is 9.03. The van der Waals surface area contributed by atoms with Crippen LogP contribution in [-0.4, -0.2) is 67.1 Å². The average molecular weight is 535 g/mol. The number of ether oxygens (including phenoxy) is 4. The summed E-state index contributed by atoms with van der Waals surface area (Å²) in [6.07, 6.45) is 7.85. The van der Waals surface area contributed by atoms with E-state index in [0.29, 0.717) is 86.0 Å². The zero-order valence-electron chi connectivity index (χ0n) is 21.5. The van der Waals surface area contributed by atoms with Crippen molar-refractivity contribution in [3.63, 3.8) is 0 Å². The number of rotatable bonds is 12. The van der Waals surface area contributed by atoms with Crippen LogP contribution in [0.25, 0.3) is 5.57 Å². The Morgan fingerprint density at radius 3 is 2.30 bits per heavy atom. The largest absolute Gasteiger partial charge is 0.487 e. The maximum absolute atomic E-state index is 15.5. The number of allylic oxidation sites excluding steroid dienone is 1. The molecule has 2 aromatic carbocycles. The van der Waals surface area contributed by atoms with E-state index in [-0.39, 0.29) is 10.9 Å². The Balaban J connectivity index is 1.71. The minimum Gasteiger partial charge on any atom is -0.487 e. The molecule has 2 aromatic rings. The number of hydrogen-bond donors (Lipinski definition) is 2. The molecule has 10 heteroatoms. The number of anilines is 1. The number of aliphatic imine (C=N–C) groups is 1. The Morgan fingerprint density at radius 1 is 1.00 bits per heavy atom. The number of fused-ring (bicyclic) bond motifs is 1. The molecule has 1 aliphatic carbocycles. The Labute approximate surface area is 217 Å². The molecule has 0 unspecified atom stereocenters. The van der Waals surface area contributed by atoms with E-state index in [4.69, 9.17) is 18.9 Å². The van der Waals surface area contributed by atoms with Gasteiger partial charge in [0.2, 0.25) is 0 Å². The molecule has 1 saturated carbocycles. The highest BCUT2D eigenvalue weighted by molar-refractivity contribution is 8.16. The molecule has 37 heavy (non-hydrogen) atoms. The summed E-state index contributed by atoms with van der Waals surface area (Å²) in [7, 11) is -0.870. The Kier molecular flexibility index (Phi) is 8.33. The molecule has 0 bridgehead atoms. The first-order valence-electron chi connectivity index (χ1n) is 12.3. The van der Waals surface area contributed by atoms with Crippen LogP contribution in [0, 0.1) is 5.82 Å². The predicted octanol–water partition coefficient (Wildman–Crippen LogP) is 5.22. The molecular weight excluding hydrogens is 499 g/mol. The van der Waals surface area contributed by atoms with Gasteiger partial charge in [0.25, 0.3) is 0 Å². The van der Waals surface area contributed by atoms with Crippen LogP contribution in [0.1, 0.15) is 36.8 Å². The first kappa shape index (κ1) is 27.3. The SMILES string of the molecule is COCCOc1cc2c(cc1OCCOC)/C(c1ccc(NS(C)(=O)(O)C3CC3)cc1F)=C\CCC=N2. The van der Waals surface area contributed by atoms with Crippen LogP contribution < -0.4 is 14.2 Å². The lowest BCUT2D eigenvalue weighted by Gasteiger charge is -2.41. The molecule has 0 radical (unpaired) electrons. The predicted molar refractivity (Wildman–Crippen MR) is 145 cm³/mol. The maximum Gasteiger partial charge on any atom is 0.163 e. The Bertz CT molecular complexity index is 1250. The van der Waals surface area contributed by atoms with Crippen LogP contribution in [0.4, 0.5) is 15.8 Å². The first-order valence-corrected chi connectivity index (χ1v) is 14.7. The fraction of sp³-hybridized carbons (Fsp3) is 0.444. The number of hydrogen-bond acceptors (Lipinski definition) is 6. The smallest absolute Gasteiger partial charge is 0.163 e. The zero-order chi connectivity index (χ0) is 26.5. The maximum atomic E-state index is 15.5. The van der Waals surface area contributed by atoms with Crippen molar-refractivity contribution >= 4 is 32.7 Å². The molecule has 1 aliphatic heterocycles. The van der Waals surface area contributed by atoms with Gasteiger partial charge < -0.3 is 18.9 Å². The monoisotopic (exact) mass is 534 g/mol. The molecule has 8 nitrogen and oxygen atoms in total. The van der Waals surface area contributed by atoms with Crippen molar-refractivity contribution in [3.8, 4) is 11.5 Å². The summed E-state index contributed by atoms with van der Waals surface area (Å²) in [6, 6.07) is 8.13. The van der Waals surface area contributed by atoms with Gasteiger partial charge in [-0.3, -0.25) is 14.3 Å². The molecule has 0 amide bonds. The minimum atomic E-state index is -4.06. The van der Waals surface area contributed by atoms with Crippen molar-refractivity contribution in [2.45, 2.75) is 30.9 Å².